The zero-order valence-corrected chi connectivity index (χ0v) is 16.5. The minimum absolute atomic E-state index is 0.0967. The Morgan fingerprint density at radius 1 is 1.04 bits per heavy atom. The summed E-state index contributed by atoms with van der Waals surface area (Å²) >= 11 is 1.47. The zero-order valence-electron chi connectivity index (χ0n) is 15.7. The van der Waals surface area contributed by atoms with Gasteiger partial charge in [-0.15, -0.1) is 11.3 Å². The second kappa shape index (κ2) is 6.91. The van der Waals surface area contributed by atoms with Crippen LogP contribution in [0.4, 0.5) is 11.4 Å². The topological polar surface area (TPSA) is 54.0 Å². The van der Waals surface area contributed by atoms with Gasteiger partial charge < -0.3 is 10.6 Å². The number of carbonyl (C=O) groups is 1. The molecular formula is C23H21N3OS. The van der Waals surface area contributed by atoms with Gasteiger partial charge in [-0.25, -0.2) is 4.98 Å². The van der Waals surface area contributed by atoms with E-state index in [0.717, 1.165) is 45.2 Å². The number of nitrogens with zero attached hydrogens (tertiary/aromatic N) is 1. The van der Waals surface area contributed by atoms with Crippen LogP contribution in [0, 0.1) is 0 Å². The van der Waals surface area contributed by atoms with Crippen LogP contribution in [-0.4, -0.2) is 17.9 Å². The standard InChI is InChI=1S/C23H21N3OS/c1-24-20-18-13-16-8-4-5-9-19(16)26-23(18)28-21(20)22(27)25-17-11-10-14-6-2-3-7-15(14)12-17/h2-3,6-7,10-13,24H,4-5,8-9H2,1H3,(H,25,27). The van der Waals surface area contributed by atoms with Crippen LogP contribution in [0.2, 0.25) is 0 Å². The molecule has 0 atom stereocenters. The lowest BCUT2D eigenvalue weighted by Crippen LogP contribution is -2.11. The monoisotopic (exact) mass is 387 g/mol. The number of hydrogen-bond acceptors (Lipinski definition) is 4. The molecule has 0 radical (unpaired) electrons. The number of aromatic nitrogens is 1. The summed E-state index contributed by atoms with van der Waals surface area (Å²) in [6.07, 6.45) is 4.53. The number of nitrogens with one attached hydrogen (secondary N) is 2. The molecule has 2 N–H and O–H groups in total. The Bertz CT molecular complexity index is 1210. The summed E-state index contributed by atoms with van der Waals surface area (Å²) in [5, 5.41) is 9.61. The van der Waals surface area contributed by atoms with Crippen molar-refractivity contribution >= 4 is 49.6 Å². The quantitative estimate of drug-likeness (QED) is 0.479. The van der Waals surface area contributed by atoms with Gasteiger partial charge >= 0.3 is 0 Å². The third kappa shape index (κ3) is 2.92. The van der Waals surface area contributed by atoms with Gasteiger partial charge in [-0.05, 0) is 60.2 Å². The average molecular weight is 388 g/mol. The Balaban J connectivity index is 1.52. The minimum atomic E-state index is -0.0967. The van der Waals surface area contributed by atoms with Gasteiger partial charge in [-0.3, -0.25) is 4.79 Å². The van der Waals surface area contributed by atoms with E-state index in [1.165, 1.54) is 35.4 Å². The lowest BCUT2D eigenvalue weighted by molar-refractivity contribution is 0.103. The van der Waals surface area contributed by atoms with E-state index in [9.17, 15) is 4.79 Å². The number of rotatable bonds is 3. The van der Waals surface area contributed by atoms with Gasteiger partial charge in [0, 0.05) is 23.8 Å². The Hall–Kier alpha value is -2.92. The smallest absolute Gasteiger partial charge is 0.267 e. The molecule has 4 aromatic rings. The number of hydrogen-bond donors (Lipinski definition) is 2. The van der Waals surface area contributed by atoms with E-state index in [2.05, 4.69) is 28.8 Å². The molecule has 28 heavy (non-hydrogen) atoms. The van der Waals surface area contributed by atoms with Gasteiger partial charge in [0.25, 0.3) is 5.91 Å². The van der Waals surface area contributed by atoms with Gasteiger partial charge in [0.05, 0.1) is 5.69 Å². The first-order valence-corrected chi connectivity index (χ1v) is 10.5. The summed E-state index contributed by atoms with van der Waals surface area (Å²) in [6, 6.07) is 16.4. The molecule has 5 rings (SSSR count). The molecule has 0 unspecified atom stereocenters. The first-order valence-electron chi connectivity index (χ1n) is 9.66. The molecular weight excluding hydrogens is 366 g/mol. The number of amides is 1. The molecule has 2 aromatic carbocycles. The maximum absolute atomic E-state index is 13.1. The largest absolute Gasteiger partial charge is 0.386 e. The Kier molecular flexibility index (Phi) is 4.24. The van der Waals surface area contributed by atoms with Crippen molar-refractivity contribution in [3.63, 3.8) is 0 Å². The minimum Gasteiger partial charge on any atom is -0.386 e. The van der Waals surface area contributed by atoms with E-state index < -0.39 is 0 Å². The Morgan fingerprint density at radius 3 is 2.71 bits per heavy atom. The fraction of sp³-hybridized carbons (Fsp3) is 0.217. The number of pyridine rings is 1. The van der Waals surface area contributed by atoms with Crippen molar-refractivity contribution in [2.75, 3.05) is 17.7 Å². The van der Waals surface area contributed by atoms with Crippen LogP contribution in [0.5, 0.6) is 0 Å². The summed E-state index contributed by atoms with van der Waals surface area (Å²) in [5.74, 6) is -0.0967. The molecule has 0 fully saturated rings. The molecule has 5 heteroatoms. The predicted molar refractivity (Wildman–Crippen MR) is 118 cm³/mol. The van der Waals surface area contributed by atoms with Crippen molar-refractivity contribution in [1.29, 1.82) is 0 Å². The highest BCUT2D eigenvalue weighted by Gasteiger charge is 2.21. The van der Waals surface area contributed by atoms with Gasteiger partial charge in [-0.1, -0.05) is 30.3 Å². The summed E-state index contributed by atoms with van der Waals surface area (Å²) in [7, 11) is 1.87. The van der Waals surface area contributed by atoms with Crippen molar-refractivity contribution < 1.29 is 4.79 Å². The maximum Gasteiger partial charge on any atom is 0.267 e. The summed E-state index contributed by atoms with van der Waals surface area (Å²) < 4.78 is 0. The zero-order chi connectivity index (χ0) is 19.1. The summed E-state index contributed by atoms with van der Waals surface area (Å²) in [6.45, 7) is 0. The number of benzene rings is 2. The predicted octanol–water partition coefficient (Wildman–Crippen LogP) is 5.62. The highest BCUT2D eigenvalue weighted by molar-refractivity contribution is 7.21. The first kappa shape index (κ1) is 17.2. The van der Waals surface area contributed by atoms with Crippen molar-refractivity contribution in [1.82, 2.24) is 4.98 Å². The SMILES string of the molecule is CNc1c(C(=O)Nc2ccc3ccccc3c2)sc2nc3c(cc12)CCCC3. The van der Waals surface area contributed by atoms with Crippen molar-refractivity contribution in [2.45, 2.75) is 25.7 Å². The van der Waals surface area contributed by atoms with Gasteiger partial charge in [0.1, 0.15) is 9.71 Å². The van der Waals surface area contributed by atoms with Crippen molar-refractivity contribution in [2.24, 2.45) is 0 Å². The van der Waals surface area contributed by atoms with E-state index >= 15 is 0 Å². The van der Waals surface area contributed by atoms with Gasteiger partial charge in [-0.2, -0.15) is 0 Å². The third-order valence-electron chi connectivity index (χ3n) is 5.42. The van der Waals surface area contributed by atoms with Crippen molar-refractivity contribution in [3.8, 4) is 0 Å². The molecule has 0 bridgehead atoms. The molecule has 1 amide bonds. The van der Waals surface area contributed by atoms with E-state index in [1.807, 2.05) is 37.4 Å². The van der Waals surface area contributed by atoms with Crippen LogP contribution in [-0.2, 0) is 12.8 Å². The van der Waals surface area contributed by atoms with E-state index in [0.29, 0.717) is 4.88 Å². The first-order chi connectivity index (χ1) is 13.7. The van der Waals surface area contributed by atoms with E-state index in [-0.39, 0.29) is 5.91 Å². The lowest BCUT2D eigenvalue weighted by Gasteiger charge is -2.14. The molecule has 2 heterocycles. The molecule has 140 valence electrons. The van der Waals surface area contributed by atoms with Gasteiger partial charge in [0.2, 0.25) is 0 Å². The number of anilines is 2. The number of fused-ring (bicyclic) bond motifs is 3. The second-order valence-electron chi connectivity index (χ2n) is 7.23. The molecule has 0 aliphatic heterocycles. The van der Waals surface area contributed by atoms with Crippen LogP contribution in [0.3, 0.4) is 0 Å². The molecule has 0 saturated carbocycles. The Morgan fingerprint density at radius 2 is 1.86 bits per heavy atom. The number of aryl methyl sites for hydroxylation is 2. The van der Waals surface area contributed by atoms with Crippen LogP contribution < -0.4 is 10.6 Å². The van der Waals surface area contributed by atoms with E-state index in [1.54, 1.807) is 0 Å². The molecule has 0 spiro atoms. The fourth-order valence-corrected chi connectivity index (χ4v) is 5.08. The lowest BCUT2D eigenvalue weighted by atomic mass is 9.95. The summed E-state index contributed by atoms with van der Waals surface area (Å²) in [4.78, 5) is 19.5. The fourth-order valence-electron chi connectivity index (χ4n) is 4.00. The van der Waals surface area contributed by atoms with E-state index in [4.69, 9.17) is 4.98 Å². The molecule has 1 aliphatic carbocycles. The number of thiophene rings is 1. The molecule has 0 saturated heterocycles. The van der Waals surface area contributed by atoms with Gasteiger partial charge in [0.15, 0.2) is 0 Å². The molecule has 2 aromatic heterocycles. The van der Waals surface area contributed by atoms with Crippen molar-refractivity contribution in [3.05, 3.63) is 64.7 Å². The third-order valence-corrected chi connectivity index (χ3v) is 6.52. The average Bonchev–Trinajstić information content (AvgIpc) is 3.09. The highest BCUT2D eigenvalue weighted by atomic mass is 32.1. The summed E-state index contributed by atoms with van der Waals surface area (Å²) in [5.41, 5.74) is 4.20. The second-order valence-corrected chi connectivity index (χ2v) is 8.23. The van der Waals surface area contributed by atoms with Crippen LogP contribution >= 0.6 is 11.3 Å². The molecule has 1 aliphatic rings. The maximum atomic E-state index is 13.1. The van der Waals surface area contributed by atoms with Crippen LogP contribution in [0.15, 0.2) is 48.5 Å². The normalized spacial score (nSPS) is 13.5. The van der Waals surface area contributed by atoms with Crippen LogP contribution in [0.25, 0.3) is 21.0 Å². The number of carbonyl (C=O) groups excluding carboxylic acids is 1. The highest BCUT2D eigenvalue weighted by Crippen LogP contribution is 2.37. The molecule has 4 nitrogen and oxygen atoms in total. The Labute approximate surface area is 167 Å². The van der Waals surface area contributed by atoms with Crippen LogP contribution in [0.1, 0.15) is 33.8 Å².